The Morgan fingerprint density at radius 1 is 1.20 bits per heavy atom. The van der Waals surface area contributed by atoms with E-state index in [9.17, 15) is 10.1 Å². The second-order valence-corrected chi connectivity index (χ2v) is 4.99. The monoisotopic (exact) mass is 335 g/mol. The second-order valence-electron chi connectivity index (χ2n) is 4.99. The third-order valence-electron chi connectivity index (χ3n) is 3.45. The van der Waals surface area contributed by atoms with Crippen molar-refractivity contribution in [2.45, 2.75) is 0 Å². The van der Waals surface area contributed by atoms with Crippen LogP contribution in [-0.4, -0.2) is 32.8 Å². The molecule has 3 aromatic rings. The van der Waals surface area contributed by atoms with Crippen molar-refractivity contribution in [1.29, 1.82) is 5.26 Å². The van der Waals surface area contributed by atoms with Crippen molar-refractivity contribution in [3.63, 3.8) is 0 Å². The molecule has 0 aliphatic carbocycles. The third kappa shape index (κ3) is 2.96. The Morgan fingerprint density at radius 2 is 1.92 bits per heavy atom. The number of rotatable bonds is 3. The van der Waals surface area contributed by atoms with Crippen molar-refractivity contribution in [3.8, 4) is 23.0 Å². The molecule has 2 heterocycles. The van der Waals surface area contributed by atoms with Gasteiger partial charge in [0.1, 0.15) is 17.5 Å². The van der Waals surface area contributed by atoms with Gasteiger partial charge in [-0.15, -0.1) is 0 Å². The van der Waals surface area contributed by atoms with Crippen LogP contribution in [-0.2, 0) is 4.74 Å². The molecule has 124 valence electrons. The molecule has 1 aromatic carbocycles. The summed E-state index contributed by atoms with van der Waals surface area (Å²) in [5.41, 5.74) is 13.4. The van der Waals surface area contributed by atoms with Crippen molar-refractivity contribution in [3.05, 3.63) is 47.8 Å². The second kappa shape index (κ2) is 6.29. The van der Waals surface area contributed by atoms with Crippen LogP contribution in [0.4, 0.5) is 11.8 Å². The molecule has 9 heteroatoms. The van der Waals surface area contributed by atoms with Gasteiger partial charge in [0.15, 0.2) is 5.69 Å². The van der Waals surface area contributed by atoms with Gasteiger partial charge in [0.25, 0.3) is 0 Å². The Morgan fingerprint density at radius 3 is 2.56 bits per heavy atom. The number of nitriles is 1. The summed E-state index contributed by atoms with van der Waals surface area (Å²) >= 11 is 0. The number of esters is 1. The number of nitrogen functional groups attached to an aromatic ring is 2. The van der Waals surface area contributed by atoms with Gasteiger partial charge in [0, 0.05) is 11.8 Å². The van der Waals surface area contributed by atoms with Crippen LogP contribution in [0.25, 0.3) is 16.9 Å². The summed E-state index contributed by atoms with van der Waals surface area (Å²) in [5, 5.41) is 13.4. The van der Waals surface area contributed by atoms with Gasteiger partial charge >= 0.3 is 5.97 Å². The summed E-state index contributed by atoms with van der Waals surface area (Å²) in [6.07, 6.45) is 1.64. The van der Waals surface area contributed by atoms with E-state index in [1.165, 1.54) is 11.8 Å². The van der Waals surface area contributed by atoms with Gasteiger partial charge in [-0.1, -0.05) is 12.1 Å². The standard InChI is InChI=1S/C16H13N7O2/c1-25-15(24)12-6-7-23(22-12)10-4-2-9(3-5-10)13-11(8-17)14(18)21-16(19)20-13/h2-7H,1H3,(H4,18,19,20,21). The van der Waals surface area contributed by atoms with Crippen molar-refractivity contribution in [2.75, 3.05) is 18.6 Å². The van der Waals surface area contributed by atoms with E-state index in [0.29, 0.717) is 16.9 Å². The number of benzene rings is 1. The fourth-order valence-electron chi connectivity index (χ4n) is 2.27. The van der Waals surface area contributed by atoms with Gasteiger partial charge in [0.05, 0.1) is 18.5 Å². The van der Waals surface area contributed by atoms with Gasteiger partial charge < -0.3 is 16.2 Å². The van der Waals surface area contributed by atoms with Crippen LogP contribution in [0.15, 0.2) is 36.5 Å². The Balaban J connectivity index is 1.98. The minimum Gasteiger partial charge on any atom is -0.464 e. The van der Waals surface area contributed by atoms with Crippen LogP contribution in [0.3, 0.4) is 0 Å². The maximum Gasteiger partial charge on any atom is 0.358 e. The Labute approximate surface area is 142 Å². The van der Waals surface area contributed by atoms with Crippen LogP contribution in [0.2, 0.25) is 0 Å². The SMILES string of the molecule is COC(=O)c1ccn(-c2ccc(-c3nc(N)nc(N)c3C#N)cc2)n1. The molecular weight excluding hydrogens is 322 g/mol. The Kier molecular flexibility index (Phi) is 4.01. The van der Waals surface area contributed by atoms with E-state index < -0.39 is 5.97 Å². The van der Waals surface area contributed by atoms with E-state index in [-0.39, 0.29) is 23.0 Å². The fourth-order valence-corrected chi connectivity index (χ4v) is 2.27. The zero-order valence-electron chi connectivity index (χ0n) is 13.2. The molecule has 0 amide bonds. The van der Waals surface area contributed by atoms with E-state index in [4.69, 9.17) is 11.5 Å². The number of anilines is 2. The minimum absolute atomic E-state index is 0.00891. The van der Waals surface area contributed by atoms with Crippen molar-refractivity contribution in [2.24, 2.45) is 0 Å². The van der Waals surface area contributed by atoms with E-state index in [2.05, 4.69) is 19.8 Å². The molecule has 0 aliphatic rings. The van der Waals surface area contributed by atoms with Crippen molar-refractivity contribution >= 4 is 17.7 Å². The number of aromatic nitrogens is 4. The van der Waals surface area contributed by atoms with E-state index >= 15 is 0 Å². The highest BCUT2D eigenvalue weighted by molar-refractivity contribution is 5.87. The quantitative estimate of drug-likeness (QED) is 0.678. The number of methoxy groups -OCH3 is 1. The van der Waals surface area contributed by atoms with E-state index in [1.54, 1.807) is 36.5 Å². The summed E-state index contributed by atoms with van der Waals surface area (Å²) in [6, 6.07) is 10.6. The molecule has 0 unspecified atom stereocenters. The molecule has 0 fully saturated rings. The van der Waals surface area contributed by atoms with Crippen LogP contribution in [0.1, 0.15) is 16.1 Å². The maximum atomic E-state index is 11.5. The molecular formula is C16H13N7O2. The van der Waals surface area contributed by atoms with Gasteiger partial charge in [-0.2, -0.15) is 15.3 Å². The molecule has 0 spiro atoms. The predicted molar refractivity (Wildman–Crippen MR) is 89.5 cm³/mol. The lowest BCUT2D eigenvalue weighted by Gasteiger charge is -2.08. The molecule has 2 aromatic heterocycles. The van der Waals surface area contributed by atoms with Gasteiger partial charge in [0.2, 0.25) is 5.95 Å². The summed E-state index contributed by atoms with van der Waals surface area (Å²) in [7, 11) is 1.29. The fraction of sp³-hybridized carbons (Fsp3) is 0.0625. The summed E-state index contributed by atoms with van der Waals surface area (Å²) in [4.78, 5) is 19.3. The van der Waals surface area contributed by atoms with Crippen LogP contribution >= 0.6 is 0 Å². The Bertz CT molecular complexity index is 987. The molecule has 0 atom stereocenters. The van der Waals surface area contributed by atoms with Crippen molar-refractivity contribution < 1.29 is 9.53 Å². The normalized spacial score (nSPS) is 10.2. The van der Waals surface area contributed by atoms with Crippen LogP contribution in [0, 0.1) is 11.3 Å². The molecule has 4 N–H and O–H groups in total. The number of carbonyl (C=O) groups excluding carboxylic acids is 1. The number of ether oxygens (including phenoxy) is 1. The minimum atomic E-state index is -0.513. The molecule has 9 nitrogen and oxygen atoms in total. The first-order chi connectivity index (χ1) is 12.0. The zero-order chi connectivity index (χ0) is 18.0. The largest absolute Gasteiger partial charge is 0.464 e. The molecule has 3 rings (SSSR count). The topological polar surface area (TPSA) is 146 Å². The lowest BCUT2D eigenvalue weighted by atomic mass is 10.1. The number of carbonyl (C=O) groups is 1. The van der Waals surface area contributed by atoms with E-state index in [0.717, 1.165) is 0 Å². The highest BCUT2D eigenvalue weighted by atomic mass is 16.5. The molecule has 0 radical (unpaired) electrons. The lowest BCUT2D eigenvalue weighted by molar-refractivity contribution is 0.0593. The highest BCUT2D eigenvalue weighted by Crippen LogP contribution is 2.26. The molecule has 0 saturated carbocycles. The van der Waals surface area contributed by atoms with Gasteiger partial charge in [-0.3, -0.25) is 0 Å². The maximum absolute atomic E-state index is 11.5. The number of nitrogens with two attached hydrogens (primary N) is 2. The average molecular weight is 335 g/mol. The molecule has 0 saturated heterocycles. The van der Waals surface area contributed by atoms with Crippen LogP contribution < -0.4 is 11.5 Å². The average Bonchev–Trinajstić information content (AvgIpc) is 3.10. The number of hydrogen-bond acceptors (Lipinski definition) is 8. The molecule has 0 bridgehead atoms. The zero-order valence-corrected chi connectivity index (χ0v) is 13.2. The lowest BCUT2D eigenvalue weighted by Crippen LogP contribution is -2.05. The first-order valence-corrected chi connectivity index (χ1v) is 7.11. The summed E-state index contributed by atoms with van der Waals surface area (Å²) in [5.74, 6) is -0.491. The predicted octanol–water partition coefficient (Wildman–Crippen LogP) is 1.15. The summed E-state index contributed by atoms with van der Waals surface area (Å²) in [6.45, 7) is 0. The number of hydrogen-bond donors (Lipinski definition) is 2. The first kappa shape index (κ1) is 15.9. The molecule has 25 heavy (non-hydrogen) atoms. The molecule has 0 aliphatic heterocycles. The highest BCUT2D eigenvalue weighted by Gasteiger charge is 2.14. The Hall–Kier alpha value is -3.93. The van der Waals surface area contributed by atoms with Gasteiger partial charge in [-0.05, 0) is 18.2 Å². The van der Waals surface area contributed by atoms with Gasteiger partial charge in [-0.25, -0.2) is 14.5 Å². The van der Waals surface area contributed by atoms with Crippen molar-refractivity contribution in [1.82, 2.24) is 19.7 Å². The summed E-state index contributed by atoms with van der Waals surface area (Å²) < 4.78 is 6.16. The van der Waals surface area contributed by atoms with E-state index in [1.807, 2.05) is 6.07 Å². The smallest absolute Gasteiger partial charge is 0.358 e. The number of nitrogens with zero attached hydrogens (tertiary/aromatic N) is 5. The van der Waals surface area contributed by atoms with Crippen LogP contribution in [0.5, 0.6) is 0 Å². The third-order valence-corrected chi connectivity index (χ3v) is 3.45. The first-order valence-electron chi connectivity index (χ1n) is 7.11.